The van der Waals surface area contributed by atoms with E-state index in [1.807, 2.05) is 0 Å². The third kappa shape index (κ3) is 4.96. The first-order chi connectivity index (χ1) is 11.6. The van der Waals surface area contributed by atoms with Gasteiger partial charge in [-0.1, -0.05) is 49.4 Å². The van der Waals surface area contributed by atoms with Gasteiger partial charge in [0.2, 0.25) is 5.91 Å². The zero-order chi connectivity index (χ0) is 16.9. The fraction of sp³-hybridized carbons (Fsp3) is 0.476. The van der Waals surface area contributed by atoms with Crippen LogP contribution in [0, 0.1) is 11.8 Å². The monoisotopic (exact) mass is 360 g/mol. The molecule has 0 radical (unpaired) electrons. The molecule has 1 saturated heterocycles. The second kappa shape index (κ2) is 9.21. The summed E-state index contributed by atoms with van der Waals surface area (Å²) in [6, 6.07) is 14.7. The van der Waals surface area contributed by atoms with Crippen molar-refractivity contribution in [1.82, 2.24) is 10.6 Å². The minimum absolute atomic E-state index is 0. The van der Waals surface area contributed by atoms with Crippen molar-refractivity contribution in [3.63, 3.8) is 0 Å². The van der Waals surface area contributed by atoms with Gasteiger partial charge >= 0.3 is 0 Å². The number of rotatable bonds is 5. The molecule has 1 heterocycles. The fourth-order valence-corrected chi connectivity index (χ4v) is 3.83. The number of benzene rings is 2. The zero-order valence-electron chi connectivity index (χ0n) is 15.1. The van der Waals surface area contributed by atoms with Crippen LogP contribution in [0.4, 0.5) is 0 Å². The van der Waals surface area contributed by atoms with Crippen LogP contribution in [0.25, 0.3) is 10.8 Å². The lowest BCUT2D eigenvalue weighted by Gasteiger charge is -2.28. The molecule has 2 N–H and O–H groups in total. The summed E-state index contributed by atoms with van der Waals surface area (Å²) < 4.78 is 0. The van der Waals surface area contributed by atoms with E-state index in [1.165, 1.54) is 29.2 Å². The van der Waals surface area contributed by atoms with E-state index in [0.29, 0.717) is 18.3 Å². The van der Waals surface area contributed by atoms with Gasteiger partial charge in [0.15, 0.2) is 0 Å². The Hall–Kier alpha value is -1.58. The quantitative estimate of drug-likeness (QED) is 0.826. The van der Waals surface area contributed by atoms with Gasteiger partial charge < -0.3 is 10.6 Å². The Morgan fingerprint density at radius 3 is 2.72 bits per heavy atom. The number of hydrogen-bond acceptors (Lipinski definition) is 2. The maximum atomic E-state index is 12.5. The van der Waals surface area contributed by atoms with Gasteiger partial charge in [0.05, 0.1) is 6.04 Å². The molecule has 2 aromatic carbocycles. The third-order valence-electron chi connectivity index (χ3n) is 5.31. The van der Waals surface area contributed by atoms with Crippen LogP contribution in [0.15, 0.2) is 42.5 Å². The van der Waals surface area contributed by atoms with Crippen molar-refractivity contribution in [3.05, 3.63) is 48.0 Å². The number of nitrogens with one attached hydrogen (secondary N) is 2. The van der Waals surface area contributed by atoms with Crippen LogP contribution in [0.5, 0.6) is 0 Å². The highest BCUT2D eigenvalue weighted by Crippen LogP contribution is 2.25. The number of carbonyl (C=O) groups is 1. The van der Waals surface area contributed by atoms with E-state index in [4.69, 9.17) is 0 Å². The highest BCUT2D eigenvalue weighted by atomic mass is 35.5. The van der Waals surface area contributed by atoms with E-state index < -0.39 is 0 Å². The van der Waals surface area contributed by atoms with Crippen molar-refractivity contribution in [1.29, 1.82) is 0 Å². The van der Waals surface area contributed by atoms with Crippen molar-refractivity contribution in [3.8, 4) is 0 Å². The molecule has 1 fully saturated rings. The fourth-order valence-electron chi connectivity index (χ4n) is 3.83. The topological polar surface area (TPSA) is 41.1 Å². The second-order valence-electron chi connectivity index (χ2n) is 7.15. The van der Waals surface area contributed by atoms with E-state index in [1.54, 1.807) is 0 Å². The van der Waals surface area contributed by atoms with Gasteiger partial charge in [-0.05, 0) is 61.0 Å². The largest absolute Gasteiger partial charge is 0.350 e. The summed E-state index contributed by atoms with van der Waals surface area (Å²) in [7, 11) is 0. The molecular formula is C21H29ClN2O. The van der Waals surface area contributed by atoms with Crippen LogP contribution >= 0.6 is 12.4 Å². The number of piperidine rings is 1. The Balaban J connectivity index is 0.00000225. The third-order valence-corrected chi connectivity index (χ3v) is 5.31. The number of halogens is 1. The van der Waals surface area contributed by atoms with Crippen molar-refractivity contribution in [2.45, 2.75) is 39.2 Å². The lowest BCUT2D eigenvalue weighted by molar-refractivity contribution is -0.123. The molecule has 3 unspecified atom stereocenters. The molecule has 4 heteroatoms. The highest BCUT2D eigenvalue weighted by molar-refractivity contribution is 5.87. The summed E-state index contributed by atoms with van der Waals surface area (Å²) in [6.07, 6.45) is 3.07. The normalized spacial score (nSPS) is 19.7. The standard InChI is InChI=1S/C21H28N2O.ClH/c1-15(18-9-6-12-22-14-18)13-21(24)23-16(2)19-11-5-8-17-7-3-4-10-20(17)19;/h3-5,7-8,10-11,15-16,18,22H,6,9,12-14H2,1-2H3,(H,23,24);1H. The Labute approximate surface area is 157 Å². The molecule has 1 aliphatic rings. The highest BCUT2D eigenvalue weighted by Gasteiger charge is 2.22. The van der Waals surface area contributed by atoms with Crippen LogP contribution in [0.1, 0.15) is 44.7 Å². The van der Waals surface area contributed by atoms with E-state index >= 15 is 0 Å². The number of fused-ring (bicyclic) bond motifs is 1. The average molecular weight is 361 g/mol. The zero-order valence-corrected chi connectivity index (χ0v) is 15.9. The molecule has 1 amide bonds. The summed E-state index contributed by atoms with van der Waals surface area (Å²) in [5.41, 5.74) is 1.19. The predicted octanol–water partition coefficient (Wildman–Crippen LogP) is 4.46. The Morgan fingerprint density at radius 2 is 1.96 bits per heavy atom. The van der Waals surface area contributed by atoms with Gasteiger partial charge in [0, 0.05) is 6.42 Å². The first kappa shape index (κ1) is 19.7. The number of hydrogen-bond donors (Lipinski definition) is 2. The van der Waals surface area contributed by atoms with Crippen LogP contribution in [-0.4, -0.2) is 19.0 Å². The molecule has 1 aliphatic heterocycles. The van der Waals surface area contributed by atoms with E-state index in [9.17, 15) is 4.79 Å². The molecule has 2 aromatic rings. The van der Waals surface area contributed by atoms with Crippen molar-refractivity contribution >= 4 is 29.1 Å². The number of amides is 1. The van der Waals surface area contributed by atoms with Crippen LogP contribution in [0.2, 0.25) is 0 Å². The Kier molecular flexibility index (Phi) is 7.27. The molecule has 0 saturated carbocycles. The summed E-state index contributed by atoms with van der Waals surface area (Å²) >= 11 is 0. The van der Waals surface area contributed by atoms with E-state index in [0.717, 1.165) is 13.1 Å². The van der Waals surface area contributed by atoms with Crippen molar-refractivity contribution < 1.29 is 4.79 Å². The van der Waals surface area contributed by atoms with Gasteiger partial charge in [-0.3, -0.25) is 4.79 Å². The van der Waals surface area contributed by atoms with Crippen LogP contribution in [0.3, 0.4) is 0 Å². The minimum atomic E-state index is 0. The molecule has 136 valence electrons. The van der Waals surface area contributed by atoms with Gasteiger partial charge in [-0.25, -0.2) is 0 Å². The van der Waals surface area contributed by atoms with Crippen molar-refractivity contribution in [2.24, 2.45) is 11.8 Å². The molecule has 3 nitrogen and oxygen atoms in total. The Morgan fingerprint density at radius 1 is 1.20 bits per heavy atom. The SMILES string of the molecule is CC(NC(=O)CC(C)C1CCCNC1)c1cccc2ccccc12.Cl. The Bertz CT molecular complexity index is 692. The molecule has 3 atom stereocenters. The van der Waals surface area contributed by atoms with Crippen LogP contribution < -0.4 is 10.6 Å². The first-order valence-corrected chi connectivity index (χ1v) is 9.13. The lowest BCUT2D eigenvalue weighted by Crippen LogP contribution is -2.36. The molecule has 0 aromatic heterocycles. The molecule has 0 aliphatic carbocycles. The van der Waals surface area contributed by atoms with Gasteiger partial charge in [-0.15, -0.1) is 12.4 Å². The predicted molar refractivity (Wildman–Crippen MR) is 107 cm³/mol. The van der Waals surface area contributed by atoms with Gasteiger partial charge in [-0.2, -0.15) is 0 Å². The minimum Gasteiger partial charge on any atom is -0.350 e. The molecular weight excluding hydrogens is 332 g/mol. The smallest absolute Gasteiger partial charge is 0.220 e. The van der Waals surface area contributed by atoms with Gasteiger partial charge in [0.25, 0.3) is 0 Å². The van der Waals surface area contributed by atoms with Gasteiger partial charge in [0.1, 0.15) is 0 Å². The van der Waals surface area contributed by atoms with Crippen LogP contribution in [-0.2, 0) is 4.79 Å². The first-order valence-electron chi connectivity index (χ1n) is 9.13. The molecule has 3 rings (SSSR count). The lowest BCUT2D eigenvalue weighted by atomic mass is 9.85. The van der Waals surface area contributed by atoms with Crippen molar-refractivity contribution in [2.75, 3.05) is 13.1 Å². The maximum Gasteiger partial charge on any atom is 0.220 e. The summed E-state index contributed by atoms with van der Waals surface area (Å²) in [6.45, 7) is 6.45. The summed E-state index contributed by atoms with van der Waals surface area (Å²) in [5.74, 6) is 1.21. The molecule has 0 bridgehead atoms. The van der Waals surface area contributed by atoms with E-state index in [2.05, 4.69) is 66.9 Å². The summed E-state index contributed by atoms with van der Waals surface area (Å²) in [4.78, 5) is 12.5. The second-order valence-corrected chi connectivity index (χ2v) is 7.15. The molecule has 0 spiro atoms. The maximum absolute atomic E-state index is 12.5. The molecule has 25 heavy (non-hydrogen) atoms. The summed E-state index contributed by atoms with van der Waals surface area (Å²) in [5, 5.41) is 9.08. The number of carbonyl (C=O) groups excluding carboxylic acids is 1. The van der Waals surface area contributed by atoms with E-state index in [-0.39, 0.29) is 24.4 Å². The average Bonchev–Trinajstić information content (AvgIpc) is 2.61.